The number of rotatable bonds is 8. The van der Waals surface area contributed by atoms with Crippen LogP contribution in [0.5, 0.6) is 0 Å². The molecule has 1 atom stereocenters. The molecule has 0 spiro atoms. The van der Waals surface area contributed by atoms with Gasteiger partial charge in [-0.05, 0) is 30.6 Å². The summed E-state index contributed by atoms with van der Waals surface area (Å²) in [4.78, 5) is 14.0. The lowest BCUT2D eigenvalue weighted by atomic mass is 9.92. The molecule has 1 unspecified atom stereocenters. The molecule has 1 fully saturated rings. The fourth-order valence-electron chi connectivity index (χ4n) is 2.61. The van der Waals surface area contributed by atoms with Crippen LogP contribution in [0.15, 0.2) is 0 Å². The molecule has 106 valence electrons. The van der Waals surface area contributed by atoms with Gasteiger partial charge in [0.25, 0.3) is 0 Å². The maximum absolute atomic E-state index is 11.7. The molecule has 0 aliphatic heterocycles. The maximum atomic E-state index is 11.7. The van der Waals surface area contributed by atoms with Gasteiger partial charge in [0.15, 0.2) is 0 Å². The lowest BCUT2D eigenvalue weighted by Crippen LogP contribution is -2.61. The fraction of sp³-hybridized carbons (Fsp3) is 0.929. The van der Waals surface area contributed by atoms with Crippen LogP contribution in [-0.4, -0.2) is 36.0 Å². The van der Waals surface area contributed by atoms with E-state index in [1.54, 1.807) is 0 Å². The molecule has 0 radical (unpaired) electrons. The highest BCUT2D eigenvalue weighted by atomic mass is 16.1. The molecule has 0 aromatic heterocycles. The van der Waals surface area contributed by atoms with E-state index in [9.17, 15) is 4.79 Å². The third-order valence-corrected chi connectivity index (χ3v) is 3.50. The number of hydrogen-bond donors (Lipinski definition) is 2. The van der Waals surface area contributed by atoms with Crippen molar-refractivity contribution in [3.8, 4) is 0 Å². The van der Waals surface area contributed by atoms with Gasteiger partial charge >= 0.3 is 0 Å². The summed E-state index contributed by atoms with van der Waals surface area (Å²) < 4.78 is 0. The minimum Gasteiger partial charge on any atom is -0.368 e. The van der Waals surface area contributed by atoms with Crippen LogP contribution in [0.2, 0.25) is 0 Å². The molecule has 0 bridgehead atoms. The van der Waals surface area contributed by atoms with Crippen molar-refractivity contribution in [2.24, 2.45) is 29.2 Å². The number of nitrogens with zero attached hydrogens (tertiary/aromatic N) is 1. The Balaban J connectivity index is 2.69. The maximum Gasteiger partial charge on any atom is 0.239 e. The van der Waals surface area contributed by atoms with E-state index >= 15 is 0 Å². The highest BCUT2D eigenvalue weighted by Gasteiger charge is 2.47. The quantitative estimate of drug-likeness (QED) is 0.684. The number of amides is 1. The minimum atomic E-state index is -0.830. The van der Waals surface area contributed by atoms with Crippen molar-refractivity contribution >= 4 is 5.91 Å². The molecule has 1 saturated carbocycles. The Kier molecular flexibility index (Phi) is 5.17. The number of nitrogens with two attached hydrogens (primary N) is 2. The van der Waals surface area contributed by atoms with Crippen molar-refractivity contribution in [2.45, 2.75) is 46.1 Å². The van der Waals surface area contributed by atoms with Gasteiger partial charge in [-0.3, -0.25) is 4.79 Å². The van der Waals surface area contributed by atoms with E-state index in [1.165, 1.54) is 0 Å². The normalized spacial score (nSPS) is 19.6. The Hall–Kier alpha value is -0.610. The third-order valence-electron chi connectivity index (χ3n) is 3.50. The molecule has 0 aromatic carbocycles. The van der Waals surface area contributed by atoms with Crippen molar-refractivity contribution < 1.29 is 4.79 Å². The van der Waals surface area contributed by atoms with Crippen LogP contribution >= 0.6 is 0 Å². The second-order valence-electron chi connectivity index (χ2n) is 6.66. The van der Waals surface area contributed by atoms with Crippen LogP contribution < -0.4 is 11.5 Å². The zero-order valence-electron chi connectivity index (χ0n) is 12.3. The van der Waals surface area contributed by atoms with Crippen molar-refractivity contribution in [3.05, 3.63) is 0 Å². The SMILES string of the molecule is CC(C)CN(CC(C)C)CC(N)(C(N)=O)C1CC1. The number of hydrogen-bond acceptors (Lipinski definition) is 3. The molecule has 1 aliphatic rings. The van der Waals surface area contributed by atoms with Gasteiger partial charge in [-0.25, -0.2) is 0 Å². The van der Waals surface area contributed by atoms with Gasteiger partial charge in [-0.15, -0.1) is 0 Å². The van der Waals surface area contributed by atoms with Gasteiger partial charge in [0.1, 0.15) is 5.54 Å². The molecule has 4 N–H and O–H groups in total. The van der Waals surface area contributed by atoms with Crippen LogP contribution in [0.3, 0.4) is 0 Å². The monoisotopic (exact) mass is 255 g/mol. The summed E-state index contributed by atoms with van der Waals surface area (Å²) in [5.74, 6) is 1.08. The van der Waals surface area contributed by atoms with E-state index in [4.69, 9.17) is 11.5 Å². The first-order valence-electron chi connectivity index (χ1n) is 7.06. The van der Waals surface area contributed by atoms with Crippen LogP contribution in [-0.2, 0) is 4.79 Å². The predicted octanol–water partition coefficient (Wildman–Crippen LogP) is 1.19. The summed E-state index contributed by atoms with van der Waals surface area (Å²) in [7, 11) is 0. The Bertz CT molecular complexity index is 277. The smallest absolute Gasteiger partial charge is 0.239 e. The highest BCUT2D eigenvalue weighted by molar-refractivity contribution is 5.85. The predicted molar refractivity (Wildman–Crippen MR) is 75.0 cm³/mol. The average molecular weight is 255 g/mol. The van der Waals surface area contributed by atoms with Gasteiger partial charge in [0.2, 0.25) is 5.91 Å². The molecule has 0 heterocycles. The largest absolute Gasteiger partial charge is 0.368 e. The third kappa shape index (κ3) is 4.25. The topological polar surface area (TPSA) is 72.3 Å². The van der Waals surface area contributed by atoms with Gasteiger partial charge in [0.05, 0.1) is 0 Å². The van der Waals surface area contributed by atoms with Crippen molar-refractivity contribution in [1.82, 2.24) is 4.90 Å². The second kappa shape index (κ2) is 6.02. The minimum absolute atomic E-state index is 0.289. The first-order chi connectivity index (χ1) is 8.25. The number of primary amides is 1. The van der Waals surface area contributed by atoms with Crippen molar-refractivity contribution in [1.29, 1.82) is 0 Å². The van der Waals surface area contributed by atoms with Gasteiger partial charge in [-0.1, -0.05) is 27.7 Å². The average Bonchev–Trinajstić information content (AvgIpc) is 2.97. The van der Waals surface area contributed by atoms with Crippen molar-refractivity contribution in [2.75, 3.05) is 19.6 Å². The van der Waals surface area contributed by atoms with Gasteiger partial charge < -0.3 is 16.4 Å². The van der Waals surface area contributed by atoms with E-state index in [0.717, 1.165) is 25.9 Å². The molecule has 1 rings (SSSR count). The van der Waals surface area contributed by atoms with Crippen LogP contribution in [0.4, 0.5) is 0 Å². The Morgan fingerprint density at radius 2 is 1.67 bits per heavy atom. The number of carbonyl (C=O) groups excluding carboxylic acids is 1. The fourth-order valence-corrected chi connectivity index (χ4v) is 2.61. The number of carbonyl (C=O) groups is 1. The van der Waals surface area contributed by atoms with Crippen LogP contribution in [0.25, 0.3) is 0 Å². The molecular formula is C14H29N3O. The molecule has 4 nitrogen and oxygen atoms in total. The Morgan fingerprint density at radius 3 is 1.94 bits per heavy atom. The Morgan fingerprint density at radius 1 is 1.22 bits per heavy atom. The molecule has 1 amide bonds. The zero-order valence-corrected chi connectivity index (χ0v) is 12.3. The molecule has 4 heteroatoms. The van der Waals surface area contributed by atoms with Crippen molar-refractivity contribution in [3.63, 3.8) is 0 Å². The van der Waals surface area contributed by atoms with Crippen LogP contribution in [0, 0.1) is 17.8 Å². The summed E-state index contributed by atoms with van der Waals surface area (Å²) in [6, 6.07) is 0. The summed E-state index contributed by atoms with van der Waals surface area (Å²) in [6.07, 6.45) is 2.08. The summed E-state index contributed by atoms with van der Waals surface area (Å²) >= 11 is 0. The second-order valence-corrected chi connectivity index (χ2v) is 6.66. The van der Waals surface area contributed by atoms with E-state index in [2.05, 4.69) is 32.6 Å². The van der Waals surface area contributed by atoms with Crippen LogP contribution in [0.1, 0.15) is 40.5 Å². The summed E-state index contributed by atoms with van der Waals surface area (Å²) in [5, 5.41) is 0. The molecular weight excluding hydrogens is 226 g/mol. The molecule has 18 heavy (non-hydrogen) atoms. The highest BCUT2D eigenvalue weighted by Crippen LogP contribution is 2.38. The standard InChI is InChI=1S/C14H29N3O/c1-10(2)7-17(8-11(3)4)9-14(16,13(15)18)12-5-6-12/h10-12H,5-9,16H2,1-4H3,(H2,15,18). The molecule has 0 aromatic rings. The van der Waals surface area contributed by atoms with E-state index in [0.29, 0.717) is 18.4 Å². The Labute approximate surface area is 111 Å². The molecule has 0 saturated heterocycles. The van der Waals surface area contributed by atoms with Gasteiger partial charge in [-0.2, -0.15) is 0 Å². The molecule has 1 aliphatic carbocycles. The summed E-state index contributed by atoms with van der Waals surface area (Å²) in [6.45, 7) is 11.3. The van der Waals surface area contributed by atoms with E-state index in [-0.39, 0.29) is 11.8 Å². The van der Waals surface area contributed by atoms with Gasteiger partial charge in [0, 0.05) is 19.6 Å². The lowest BCUT2D eigenvalue weighted by Gasteiger charge is -2.35. The summed E-state index contributed by atoms with van der Waals surface area (Å²) in [5.41, 5.74) is 11.0. The first kappa shape index (κ1) is 15.4. The van der Waals surface area contributed by atoms with E-state index < -0.39 is 5.54 Å². The first-order valence-corrected chi connectivity index (χ1v) is 7.06. The zero-order chi connectivity index (χ0) is 13.9. The van der Waals surface area contributed by atoms with E-state index in [1.807, 2.05) is 0 Å². The lowest BCUT2D eigenvalue weighted by molar-refractivity contribution is -0.124.